The number of fused-ring (bicyclic) bond motifs is 2. The average Bonchev–Trinajstić information content (AvgIpc) is 3.10. The third-order valence-electron chi connectivity index (χ3n) is 4.52. The number of carbonyl (C=O) groups is 2. The van der Waals surface area contributed by atoms with Crippen LogP contribution >= 0.6 is 0 Å². The number of aliphatic carboxylic acids is 1. The minimum Gasteiger partial charge on any atom is -0.480 e. The number of carboxylic acids is 1. The summed E-state index contributed by atoms with van der Waals surface area (Å²) < 4.78 is 13.0. The van der Waals surface area contributed by atoms with Gasteiger partial charge in [0, 0.05) is 12.5 Å². The van der Waals surface area contributed by atoms with E-state index in [-0.39, 0.29) is 36.6 Å². The van der Waals surface area contributed by atoms with Gasteiger partial charge in [-0.3, -0.25) is 9.59 Å². The van der Waals surface area contributed by atoms with Gasteiger partial charge in [0.15, 0.2) is 0 Å². The molecule has 0 saturated heterocycles. The zero-order valence-corrected chi connectivity index (χ0v) is 12.1. The molecule has 116 valence electrons. The Morgan fingerprint density at radius 3 is 2.45 bits per heavy atom. The molecule has 2 aliphatic rings. The summed E-state index contributed by atoms with van der Waals surface area (Å²) in [5.74, 6) is -0.913. The van der Waals surface area contributed by atoms with Crippen molar-refractivity contribution in [3.8, 4) is 0 Å². The molecule has 0 aliphatic heterocycles. The zero-order chi connectivity index (χ0) is 15.7. The molecule has 2 bridgehead atoms. The third-order valence-corrected chi connectivity index (χ3v) is 4.52. The Morgan fingerprint density at radius 2 is 1.91 bits per heavy atom. The lowest BCUT2D eigenvalue weighted by Gasteiger charge is -2.27. The van der Waals surface area contributed by atoms with Crippen LogP contribution < -0.4 is 0 Å². The SMILES string of the molecule is O=C(O)CN(Cc1ccc(F)cc1)C(=O)C1CC2C=CC1C2. The molecule has 0 spiro atoms. The highest BCUT2D eigenvalue weighted by Gasteiger charge is 2.41. The van der Waals surface area contributed by atoms with Crippen LogP contribution in [0.1, 0.15) is 18.4 Å². The maximum absolute atomic E-state index is 13.0. The Kier molecular flexibility index (Phi) is 3.96. The third kappa shape index (κ3) is 3.03. The second-order valence-corrected chi connectivity index (χ2v) is 6.10. The largest absolute Gasteiger partial charge is 0.480 e. The van der Waals surface area contributed by atoms with E-state index >= 15 is 0 Å². The first-order valence-corrected chi connectivity index (χ1v) is 7.46. The predicted molar refractivity (Wildman–Crippen MR) is 78.3 cm³/mol. The summed E-state index contributed by atoms with van der Waals surface area (Å²) in [5, 5.41) is 9.06. The molecule has 22 heavy (non-hydrogen) atoms. The van der Waals surface area contributed by atoms with Gasteiger partial charge in [-0.2, -0.15) is 0 Å². The van der Waals surface area contributed by atoms with E-state index in [1.807, 2.05) is 0 Å². The second-order valence-electron chi connectivity index (χ2n) is 6.10. The van der Waals surface area contributed by atoms with Crippen LogP contribution in [0.2, 0.25) is 0 Å². The van der Waals surface area contributed by atoms with E-state index < -0.39 is 5.97 Å². The molecule has 3 rings (SSSR count). The molecule has 5 heteroatoms. The summed E-state index contributed by atoms with van der Waals surface area (Å²) in [6, 6.07) is 5.80. The maximum Gasteiger partial charge on any atom is 0.323 e. The molecule has 1 saturated carbocycles. The number of hydrogen-bond donors (Lipinski definition) is 1. The number of carboxylic acid groups (broad SMARTS) is 1. The summed E-state index contributed by atoms with van der Waals surface area (Å²) in [5.41, 5.74) is 0.731. The molecule has 0 aromatic heterocycles. The number of hydrogen-bond acceptors (Lipinski definition) is 2. The first-order valence-electron chi connectivity index (χ1n) is 7.46. The van der Waals surface area contributed by atoms with Gasteiger partial charge in [-0.15, -0.1) is 0 Å². The Morgan fingerprint density at radius 1 is 1.18 bits per heavy atom. The van der Waals surface area contributed by atoms with Gasteiger partial charge in [-0.05, 0) is 42.4 Å². The lowest BCUT2D eigenvalue weighted by atomic mass is 9.92. The number of halogens is 1. The Bertz CT molecular complexity index is 611. The molecule has 1 aromatic carbocycles. The smallest absolute Gasteiger partial charge is 0.323 e. The van der Waals surface area contributed by atoms with Crippen LogP contribution in [-0.4, -0.2) is 28.4 Å². The summed E-state index contributed by atoms with van der Waals surface area (Å²) >= 11 is 0. The quantitative estimate of drug-likeness (QED) is 0.850. The number of amides is 1. The Hall–Kier alpha value is -2.17. The van der Waals surface area contributed by atoms with E-state index in [4.69, 9.17) is 5.11 Å². The number of allylic oxidation sites excluding steroid dienone is 2. The highest BCUT2D eigenvalue weighted by Crippen LogP contribution is 2.44. The van der Waals surface area contributed by atoms with E-state index in [2.05, 4.69) is 12.2 Å². The van der Waals surface area contributed by atoms with Crippen molar-refractivity contribution in [3.63, 3.8) is 0 Å². The average molecular weight is 303 g/mol. The van der Waals surface area contributed by atoms with Crippen molar-refractivity contribution in [2.45, 2.75) is 19.4 Å². The van der Waals surface area contributed by atoms with Gasteiger partial charge in [0.2, 0.25) is 5.91 Å². The first kappa shape index (κ1) is 14.8. The van der Waals surface area contributed by atoms with Crippen LogP contribution in [0.15, 0.2) is 36.4 Å². The predicted octanol–water partition coefficient (Wildman–Crippen LogP) is 2.45. The van der Waals surface area contributed by atoms with Gasteiger partial charge < -0.3 is 10.0 Å². The van der Waals surface area contributed by atoms with Gasteiger partial charge in [-0.1, -0.05) is 24.3 Å². The van der Waals surface area contributed by atoms with Crippen molar-refractivity contribution in [2.75, 3.05) is 6.54 Å². The van der Waals surface area contributed by atoms with Crippen LogP contribution in [0.4, 0.5) is 4.39 Å². The van der Waals surface area contributed by atoms with Gasteiger partial charge in [0.05, 0.1) is 0 Å². The highest BCUT2D eigenvalue weighted by molar-refractivity contribution is 5.84. The van der Waals surface area contributed by atoms with Crippen LogP contribution in [0.25, 0.3) is 0 Å². The van der Waals surface area contributed by atoms with Crippen molar-refractivity contribution < 1.29 is 19.1 Å². The minimum absolute atomic E-state index is 0.108. The van der Waals surface area contributed by atoms with E-state index in [0.717, 1.165) is 18.4 Å². The number of benzene rings is 1. The summed E-state index contributed by atoms with van der Waals surface area (Å²) in [6.45, 7) is -0.128. The standard InChI is InChI=1S/C17H18FNO3/c18-14-5-2-11(3-6-14)9-19(10-16(20)21)17(22)15-8-12-1-4-13(15)7-12/h1-6,12-13,15H,7-10H2,(H,20,21). The molecule has 2 aliphatic carbocycles. The number of rotatable bonds is 5. The Labute approximate surface area is 128 Å². The van der Waals surface area contributed by atoms with Crippen molar-refractivity contribution in [3.05, 3.63) is 47.8 Å². The second kappa shape index (κ2) is 5.91. The van der Waals surface area contributed by atoms with E-state index in [9.17, 15) is 14.0 Å². The highest BCUT2D eigenvalue weighted by atomic mass is 19.1. The molecule has 3 unspecified atom stereocenters. The summed E-state index contributed by atoms with van der Waals surface area (Å²) in [4.78, 5) is 25.1. The van der Waals surface area contributed by atoms with Gasteiger partial charge in [0.1, 0.15) is 12.4 Å². The zero-order valence-electron chi connectivity index (χ0n) is 12.1. The molecule has 1 amide bonds. The fraction of sp³-hybridized carbons (Fsp3) is 0.412. The van der Waals surface area contributed by atoms with E-state index in [1.54, 1.807) is 12.1 Å². The van der Waals surface area contributed by atoms with Crippen LogP contribution in [0, 0.1) is 23.6 Å². The minimum atomic E-state index is -1.03. The van der Waals surface area contributed by atoms with Gasteiger partial charge >= 0.3 is 5.97 Å². The molecule has 3 atom stereocenters. The first-order chi connectivity index (χ1) is 10.5. The fourth-order valence-corrected chi connectivity index (χ4v) is 3.48. The van der Waals surface area contributed by atoms with Crippen LogP contribution in [-0.2, 0) is 16.1 Å². The fourth-order valence-electron chi connectivity index (χ4n) is 3.48. The molecule has 1 fully saturated rings. The molecule has 4 nitrogen and oxygen atoms in total. The van der Waals surface area contributed by atoms with E-state index in [1.165, 1.54) is 17.0 Å². The van der Waals surface area contributed by atoms with Crippen LogP contribution in [0.5, 0.6) is 0 Å². The van der Waals surface area contributed by atoms with E-state index in [0.29, 0.717) is 5.92 Å². The van der Waals surface area contributed by atoms with Crippen molar-refractivity contribution in [1.82, 2.24) is 4.90 Å². The molecule has 0 heterocycles. The summed E-state index contributed by atoms with van der Waals surface area (Å²) in [7, 11) is 0. The molecular weight excluding hydrogens is 285 g/mol. The van der Waals surface area contributed by atoms with Gasteiger partial charge in [-0.25, -0.2) is 4.39 Å². The van der Waals surface area contributed by atoms with Crippen molar-refractivity contribution >= 4 is 11.9 Å². The monoisotopic (exact) mass is 303 g/mol. The number of nitrogens with zero attached hydrogens (tertiary/aromatic N) is 1. The Balaban J connectivity index is 1.74. The van der Waals surface area contributed by atoms with Crippen molar-refractivity contribution in [2.24, 2.45) is 17.8 Å². The topological polar surface area (TPSA) is 57.6 Å². The lowest BCUT2D eigenvalue weighted by molar-refractivity contribution is -0.147. The normalized spacial score (nSPS) is 25.4. The lowest BCUT2D eigenvalue weighted by Crippen LogP contribution is -2.40. The van der Waals surface area contributed by atoms with Gasteiger partial charge in [0.25, 0.3) is 0 Å². The van der Waals surface area contributed by atoms with Crippen molar-refractivity contribution in [1.29, 1.82) is 0 Å². The molecule has 0 radical (unpaired) electrons. The maximum atomic E-state index is 13.0. The van der Waals surface area contributed by atoms with Crippen LogP contribution in [0.3, 0.4) is 0 Å². The number of carbonyl (C=O) groups excluding carboxylic acids is 1. The molecule has 1 N–H and O–H groups in total. The molecular formula is C17H18FNO3. The molecule has 1 aromatic rings. The summed E-state index contributed by atoms with van der Waals surface area (Å²) in [6.07, 6.45) is 6.02.